The molecular formula is C16H22F3N3O2. The standard InChI is InChI=1S/C16H22F3N3O2/c1-12(16(17,18)19)21-7-9-22(10-8-21)15(23)20-14-6-4-3-5-13(14)11-24-2/h3-6,12H,7-11H2,1-2H3,(H,20,23). The van der Waals surface area contributed by atoms with E-state index in [0.717, 1.165) is 12.5 Å². The Morgan fingerprint density at radius 3 is 2.46 bits per heavy atom. The highest BCUT2D eigenvalue weighted by molar-refractivity contribution is 5.90. The summed E-state index contributed by atoms with van der Waals surface area (Å²) in [5, 5.41) is 2.81. The van der Waals surface area contributed by atoms with Gasteiger partial charge in [-0.2, -0.15) is 13.2 Å². The van der Waals surface area contributed by atoms with Gasteiger partial charge in [-0.05, 0) is 13.0 Å². The lowest BCUT2D eigenvalue weighted by Gasteiger charge is -2.38. The summed E-state index contributed by atoms with van der Waals surface area (Å²) in [4.78, 5) is 15.2. The number of para-hydroxylation sites is 1. The molecule has 2 amide bonds. The smallest absolute Gasteiger partial charge is 0.380 e. The van der Waals surface area contributed by atoms with Gasteiger partial charge in [0.05, 0.1) is 6.61 Å². The van der Waals surface area contributed by atoms with Crippen molar-refractivity contribution >= 4 is 11.7 Å². The third kappa shape index (κ3) is 4.61. The first-order valence-corrected chi connectivity index (χ1v) is 7.76. The summed E-state index contributed by atoms with van der Waals surface area (Å²) >= 11 is 0. The number of ether oxygens (including phenoxy) is 1. The Bertz CT molecular complexity index is 558. The number of halogens is 3. The van der Waals surface area contributed by atoms with Crippen LogP contribution in [0.3, 0.4) is 0 Å². The fourth-order valence-electron chi connectivity index (χ4n) is 2.64. The van der Waals surface area contributed by atoms with E-state index in [2.05, 4.69) is 5.32 Å². The molecular weight excluding hydrogens is 323 g/mol. The van der Waals surface area contributed by atoms with Gasteiger partial charge in [0.1, 0.15) is 6.04 Å². The fraction of sp³-hybridized carbons (Fsp3) is 0.562. The quantitative estimate of drug-likeness (QED) is 0.913. The number of urea groups is 1. The lowest BCUT2D eigenvalue weighted by atomic mass is 10.2. The summed E-state index contributed by atoms with van der Waals surface area (Å²) < 4.78 is 43.3. The molecule has 1 N–H and O–H groups in total. The molecule has 1 aromatic rings. The van der Waals surface area contributed by atoms with Gasteiger partial charge in [-0.25, -0.2) is 4.79 Å². The molecule has 8 heteroatoms. The number of hydrogen-bond acceptors (Lipinski definition) is 3. The Hall–Kier alpha value is -1.80. The fourth-order valence-corrected chi connectivity index (χ4v) is 2.64. The van der Waals surface area contributed by atoms with Gasteiger partial charge in [-0.3, -0.25) is 4.90 Å². The Labute approximate surface area is 139 Å². The summed E-state index contributed by atoms with van der Waals surface area (Å²) in [5.41, 5.74) is 1.49. The molecule has 1 atom stereocenters. The molecule has 5 nitrogen and oxygen atoms in total. The summed E-state index contributed by atoms with van der Waals surface area (Å²) in [6, 6.07) is 5.47. The summed E-state index contributed by atoms with van der Waals surface area (Å²) in [5.74, 6) is 0. The van der Waals surface area contributed by atoms with Gasteiger partial charge >= 0.3 is 12.2 Å². The highest BCUT2D eigenvalue weighted by atomic mass is 19.4. The molecule has 2 rings (SSSR count). The van der Waals surface area contributed by atoms with Gasteiger partial charge in [-0.15, -0.1) is 0 Å². The van der Waals surface area contributed by atoms with Crippen LogP contribution in [0.2, 0.25) is 0 Å². The second-order valence-corrected chi connectivity index (χ2v) is 5.76. The number of rotatable bonds is 4. The molecule has 1 saturated heterocycles. The van der Waals surface area contributed by atoms with Crippen molar-refractivity contribution in [3.05, 3.63) is 29.8 Å². The first-order valence-electron chi connectivity index (χ1n) is 7.76. The Balaban J connectivity index is 1.92. The van der Waals surface area contributed by atoms with Crippen molar-refractivity contribution in [2.24, 2.45) is 0 Å². The molecule has 0 saturated carbocycles. The topological polar surface area (TPSA) is 44.8 Å². The average molecular weight is 345 g/mol. The first kappa shape index (κ1) is 18.5. The zero-order valence-electron chi connectivity index (χ0n) is 13.8. The number of benzene rings is 1. The minimum atomic E-state index is -4.25. The Kier molecular flexibility index (Phi) is 6.06. The predicted molar refractivity (Wildman–Crippen MR) is 84.8 cm³/mol. The average Bonchev–Trinajstić information content (AvgIpc) is 2.55. The minimum absolute atomic E-state index is 0.202. The first-order chi connectivity index (χ1) is 11.3. The van der Waals surface area contributed by atoms with Gasteiger partial charge in [0.25, 0.3) is 0 Å². The maximum atomic E-state index is 12.7. The summed E-state index contributed by atoms with van der Waals surface area (Å²) in [6.45, 7) is 2.45. The number of methoxy groups -OCH3 is 1. The van der Waals surface area contributed by atoms with Crippen LogP contribution in [0.4, 0.5) is 23.7 Å². The van der Waals surface area contributed by atoms with Gasteiger partial charge in [-0.1, -0.05) is 18.2 Å². The molecule has 0 spiro atoms. The zero-order valence-corrected chi connectivity index (χ0v) is 13.8. The van der Waals surface area contributed by atoms with Crippen LogP contribution in [0.5, 0.6) is 0 Å². The minimum Gasteiger partial charge on any atom is -0.380 e. The van der Waals surface area contributed by atoms with E-state index in [4.69, 9.17) is 4.74 Å². The maximum Gasteiger partial charge on any atom is 0.403 e. The number of carbonyl (C=O) groups excluding carboxylic acids is 1. The van der Waals surface area contributed by atoms with Crippen LogP contribution in [0, 0.1) is 0 Å². The molecule has 0 radical (unpaired) electrons. The number of hydrogen-bond donors (Lipinski definition) is 1. The summed E-state index contributed by atoms with van der Waals surface area (Å²) in [7, 11) is 1.57. The normalized spacial score (nSPS) is 17.6. The summed E-state index contributed by atoms with van der Waals surface area (Å²) in [6.07, 6.45) is -4.25. The van der Waals surface area contributed by atoms with Crippen molar-refractivity contribution < 1.29 is 22.7 Å². The van der Waals surface area contributed by atoms with E-state index < -0.39 is 12.2 Å². The van der Waals surface area contributed by atoms with Gasteiger partial charge in [0.15, 0.2) is 0 Å². The molecule has 1 aromatic carbocycles. The van der Waals surface area contributed by atoms with Crippen LogP contribution >= 0.6 is 0 Å². The van der Waals surface area contributed by atoms with E-state index in [9.17, 15) is 18.0 Å². The number of nitrogens with one attached hydrogen (secondary N) is 1. The number of alkyl halides is 3. The predicted octanol–water partition coefficient (Wildman–Crippen LogP) is 2.93. The zero-order chi connectivity index (χ0) is 17.7. The van der Waals surface area contributed by atoms with Crippen molar-refractivity contribution in [2.75, 3.05) is 38.6 Å². The molecule has 0 bridgehead atoms. The van der Waals surface area contributed by atoms with E-state index in [1.54, 1.807) is 19.2 Å². The van der Waals surface area contributed by atoms with E-state index in [0.29, 0.717) is 12.3 Å². The molecule has 0 aromatic heterocycles. The van der Waals surface area contributed by atoms with E-state index in [-0.39, 0.29) is 32.2 Å². The molecule has 1 fully saturated rings. The van der Waals surface area contributed by atoms with Crippen LogP contribution in [-0.2, 0) is 11.3 Å². The largest absolute Gasteiger partial charge is 0.403 e. The number of piperazine rings is 1. The van der Waals surface area contributed by atoms with Crippen LogP contribution in [-0.4, -0.2) is 61.3 Å². The van der Waals surface area contributed by atoms with E-state index in [1.165, 1.54) is 9.80 Å². The highest BCUT2D eigenvalue weighted by Crippen LogP contribution is 2.25. The van der Waals surface area contributed by atoms with E-state index in [1.807, 2.05) is 12.1 Å². The maximum absolute atomic E-state index is 12.7. The second kappa shape index (κ2) is 7.85. The van der Waals surface area contributed by atoms with Crippen LogP contribution in [0.1, 0.15) is 12.5 Å². The van der Waals surface area contributed by atoms with Crippen LogP contribution < -0.4 is 5.32 Å². The lowest BCUT2D eigenvalue weighted by molar-refractivity contribution is -0.181. The lowest BCUT2D eigenvalue weighted by Crippen LogP contribution is -2.55. The molecule has 1 aliphatic rings. The Morgan fingerprint density at radius 2 is 1.88 bits per heavy atom. The molecule has 1 aliphatic heterocycles. The van der Waals surface area contributed by atoms with Gasteiger partial charge < -0.3 is 15.0 Å². The van der Waals surface area contributed by atoms with Crippen molar-refractivity contribution in [3.63, 3.8) is 0 Å². The highest BCUT2D eigenvalue weighted by Gasteiger charge is 2.41. The molecule has 0 aliphatic carbocycles. The third-order valence-electron chi connectivity index (χ3n) is 4.18. The molecule has 1 heterocycles. The van der Waals surface area contributed by atoms with Gasteiger partial charge in [0.2, 0.25) is 0 Å². The van der Waals surface area contributed by atoms with Crippen molar-refractivity contribution in [2.45, 2.75) is 25.7 Å². The number of amides is 2. The molecule has 24 heavy (non-hydrogen) atoms. The number of nitrogens with zero attached hydrogens (tertiary/aromatic N) is 2. The van der Waals surface area contributed by atoms with Crippen molar-refractivity contribution in [1.29, 1.82) is 0 Å². The van der Waals surface area contributed by atoms with Crippen LogP contribution in [0.25, 0.3) is 0 Å². The third-order valence-corrected chi connectivity index (χ3v) is 4.18. The van der Waals surface area contributed by atoms with Crippen LogP contribution in [0.15, 0.2) is 24.3 Å². The van der Waals surface area contributed by atoms with Crippen molar-refractivity contribution in [1.82, 2.24) is 9.80 Å². The second-order valence-electron chi connectivity index (χ2n) is 5.76. The van der Waals surface area contributed by atoms with E-state index >= 15 is 0 Å². The molecule has 1 unspecified atom stereocenters. The molecule has 134 valence electrons. The van der Waals surface area contributed by atoms with Gasteiger partial charge in [0, 0.05) is 44.5 Å². The Morgan fingerprint density at radius 1 is 1.25 bits per heavy atom. The van der Waals surface area contributed by atoms with Crippen molar-refractivity contribution in [3.8, 4) is 0 Å². The number of anilines is 1. The SMILES string of the molecule is COCc1ccccc1NC(=O)N1CCN(C(C)C(F)(F)F)CC1. The number of carbonyl (C=O) groups is 1. The monoisotopic (exact) mass is 345 g/mol.